The Hall–Kier alpha value is -1.15. The van der Waals surface area contributed by atoms with Gasteiger partial charge in [-0.3, -0.25) is 4.98 Å². The van der Waals surface area contributed by atoms with E-state index in [2.05, 4.69) is 53.0 Å². The largest absolute Gasteiger partial charge is 0.259 e. The lowest BCUT2D eigenvalue weighted by molar-refractivity contribution is 0.816. The molecule has 1 aromatic heterocycles. The highest BCUT2D eigenvalue weighted by Crippen LogP contribution is 2.27. The van der Waals surface area contributed by atoms with Crippen LogP contribution in [0.1, 0.15) is 25.5 Å². The fraction of sp³-hybridized carbons (Fsp3) is 0.214. The van der Waals surface area contributed by atoms with Crippen molar-refractivity contribution in [2.45, 2.75) is 19.8 Å². The first-order valence-electron chi connectivity index (χ1n) is 5.39. The maximum absolute atomic E-state index is 4.51. The van der Waals surface area contributed by atoms with Gasteiger partial charge in [-0.05, 0) is 33.5 Å². The molecule has 0 saturated heterocycles. The van der Waals surface area contributed by atoms with Gasteiger partial charge in [0.05, 0.1) is 5.69 Å². The van der Waals surface area contributed by atoms with E-state index in [4.69, 9.17) is 0 Å². The van der Waals surface area contributed by atoms with Crippen molar-refractivity contribution in [1.29, 1.82) is 0 Å². The molecule has 1 heterocycles. The Balaban J connectivity index is 2.43. The van der Waals surface area contributed by atoms with Crippen molar-refractivity contribution in [3.8, 4) is 11.1 Å². The van der Waals surface area contributed by atoms with Gasteiger partial charge >= 0.3 is 0 Å². The summed E-state index contributed by atoms with van der Waals surface area (Å²) in [7, 11) is 0. The second-order valence-electron chi connectivity index (χ2n) is 4.11. The highest BCUT2D eigenvalue weighted by molar-refractivity contribution is 9.10. The molecule has 0 aliphatic heterocycles. The van der Waals surface area contributed by atoms with E-state index < -0.39 is 0 Å². The summed E-state index contributed by atoms with van der Waals surface area (Å²) >= 11 is 3.58. The van der Waals surface area contributed by atoms with Crippen LogP contribution in [0.5, 0.6) is 0 Å². The standard InChI is InChI=1S/C14H14BrN/c1-10(2)14-13(15)8-12(9-16-14)11-6-4-3-5-7-11/h3-10H,1-2H3. The summed E-state index contributed by atoms with van der Waals surface area (Å²) in [6, 6.07) is 12.4. The number of halogens is 1. The molecule has 0 aliphatic carbocycles. The minimum absolute atomic E-state index is 0.444. The minimum atomic E-state index is 0.444. The Labute approximate surface area is 105 Å². The molecule has 0 spiro atoms. The highest BCUT2D eigenvalue weighted by atomic mass is 79.9. The first-order valence-corrected chi connectivity index (χ1v) is 6.18. The van der Waals surface area contributed by atoms with E-state index in [0.29, 0.717) is 5.92 Å². The zero-order valence-electron chi connectivity index (χ0n) is 9.44. The Kier molecular flexibility index (Phi) is 3.39. The molecular formula is C14H14BrN. The van der Waals surface area contributed by atoms with Crippen molar-refractivity contribution in [2.75, 3.05) is 0 Å². The van der Waals surface area contributed by atoms with Crippen molar-refractivity contribution in [3.63, 3.8) is 0 Å². The molecule has 0 bridgehead atoms. The monoisotopic (exact) mass is 275 g/mol. The fourth-order valence-electron chi connectivity index (χ4n) is 1.66. The summed E-state index contributed by atoms with van der Waals surface area (Å²) in [5, 5.41) is 0. The number of hydrogen-bond donors (Lipinski definition) is 0. The molecule has 2 heteroatoms. The van der Waals surface area contributed by atoms with Gasteiger partial charge in [0.25, 0.3) is 0 Å². The normalized spacial score (nSPS) is 10.8. The van der Waals surface area contributed by atoms with E-state index in [9.17, 15) is 0 Å². The van der Waals surface area contributed by atoms with Crippen molar-refractivity contribution >= 4 is 15.9 Å². The second kappa shape index (κ2) is 4.79. The number of aromatic nitrogens is 1. The summed E-state index contributed by atoms with van der Waals surface area (Å²) in [5.74, 6) is 0.444. The molecule has 1 nitrogen and oxygen atoms in total. The first-order chi connectivity index (χ1) is 7.68. The van der Waals surface area contributed by atoms with Gasteiger partial charge in [-0.2, -0.15) is 0 Å². The van der Waals surface area contributed by atoms with E-state index in [1.54, 1.807) is 0 Å². The van der Waals surface area contributed by atoms with Gasteiger partial charge in [0.2, 0.25) is 0 Å². The van der Waals surface area contributed by atoms with Gasteiger partial charge in [0, 0.05) is 16.2 Å². The van der Waals surface area contributed by atoms with Crippen LogP contribution in [0.4, 0.5) is 0 Å². The number of benzene rings is 1. The third-order valence-electron chi connectivity index (χ3n) is 2.52. The van der Waals surface area contributed by atoms with Crippen LogP contribution in [-0.4, -0.2) is 4.98 Å². The lowest BCUT2D eigenvalue weighted by Crippen LogP contribution is -1.94. The Morgan fingerprint density at radius 1 is 1.06 bits per heavy atom. The highest BCUT2D eigenvalue weighted by Gasteiger charge is 2.07. The lowest BCUT2D eigenvalue weighted by Gasteiger charge is -2.09. The predicted molar refractivity (Wildman–Crippen MR) is 71.5 cm³/mol. The maximum atomic E-state index is 4.51. The number of rotatable bonds is 2. The van der Waals surface area contributed by atoms with Crippen LogP contribution in [0.25, 0.3) is 11.1 Å². The smallest absolute Gasteiger partial charge is 0.0571 e. The van der Waals surface area contributed by atoms with Crippen molar-refractivity contribution < 1.29 is 0 Å². The van der Waals surface area contributed by atoms with E-state index in [-0.39, 0.29) is 0 Å². The molecule has 16 heavy (non-hydrogen) atoms. The fourth-order valence-corrected chi connectivity index (χ4v) is 2.47. The molecule has 0 N–H and O–H groups in total. The quantitative estimate of drug-likeness (QED) is 0.779. The lowest BCUT2D eigenvalue weighted by atomic mass is 10.1. The first kappa shape index (κ1) is 11.3. The molecule has 0 fully saturated rings. The van der Waals surface area contributed by atoms with Crippen molar-refractivity contribution in [1.82, 2.24) is 4.98 Å². The van der Waals surface area contributed by atoms with E-state index >= 15 is 0 Å². The average molecular weight is 276 g/mol. The topological polar surface area (TPSA) is 12.9 Å². The summed E-state index contributed by atoms with van der Waals surface area (Å²) < 4.78 is 1.09. The van der Waals surface area contributed by atoms with E-state index in [1.807, 2.05) is 24.4 Å². The molecule has 2 rings (SSSR count). The number of hydrogen-bond acceptors (Lipinski definition) is 1. The summed E-state index contributed by atoms with van der Waals surface area (Å²) in [6.45, 7) is 4.30. The molecule has 0 unspecified atom stereocenters. The summed E-state index contributed by atoms with van der Waals surface area (Å²) in [4.78, 5) is 4.51. The zero-order valence-corrected chi connectivity index (χ0v) is 11.0. The molecule has 1 aromatic carbocycles. The van der Waals surface area contributed by atoms with Gasteiger partial charge < -0.3 is 0 Å². The van der Waals surface area contributed by atoms with Gasteiger partial charge in [-0.25, -0.2) is 0 Å². The molecule has 0 saturated carbocycles. The van der Waals surface area contributed by atoms with Crippen LogP contribution in [0, 0.1) is 0 Å². The molecule has 0 amide bonds. The molecular weight excluding hydrogens is 262 g/mol. The SMILES string of the molecule is CC(C)c1ncc(-c2ccccc2)cc1Br. The third-order valence-corrected chi connectivity index (χ3v) is 3.16. The van der Waals surface area contributed by atoms with Crippen LogP contribution in [0.2, 0.25) is 0 Å². The van der Waals surface area contributed by atoms with Crippen LogP contribution in [-0.2, 0) is 0 Å². The molecule has 0 aliphatic rings. The van der Waals surface area contributed by atoms with Crippen LogP contribution >= 0.6 is 15.9 Å². The predicted octanol–water partition coefficient (Wildman–Crippen LogP) is 4.63. The molecule has 0 radical (unpaired) electrons. The van der Waals surface area contributed by atoms with Gasteiger partial charge in [0.15, 0.2) is 0 Å². The second-order valence-corrected chi connectivity index (χ2v) is 4.97. The minimum Gasteiger partial charge on any atom is -0.259 e. The average Bonchev–Trinajstić information content (AvgIpc) is 2.29. The number of pyridine rings is 1. The molecule has 0 atom stereocenters. The molecule has 82 valence electrons. The van der Waals surface area contributed by atoms with Crippen molar-refractivity contribution in [3.05, 3.63) is 52.8 Å². The van der Waals surface area contributed by atoms with Gasteiger partial charge in [-0.15, -0.1) is 0 Å². The summed E-state index contributed by atoms with van der Waals surface area (Å²) in [6.07, 6.45) is 1.94. The maximum Gasteiger partial charge on any atom is 0.0571 e. The zero-order chi connectivity index (χ0) is 11.5. The Morgan fingerprint density at radius 2 is 1.75 bits per heavy atom. The van der Waals surface area contributed by atoms with Gasteiger partial charge in [0.1, 0.15) is 0 Å². The van der Waals surface area contributed by atoms with E-state index in [0.717, 1.165) is 15.7 Å². The molecule has 2 aromatic rings. The van der Waals surface area contributed by atoms with E-state index in [1.165, 1.54) is 5.56 Å². The van der Waals surface area contributed by atoms with Crippen LogP contribution < -0.4 is 0 Å². The Bertz CT molecular complexity index is 477. The van der Waals surface area contributed by atoms with Crippen LogP contribution in [0.3, 0.4) is 0 Å². The van der Waals surface area contributed by atoms with Crippen LogP contribution in [0.15, 0.2) is 47.1 Å². The summed E-state index contributed by atoms with van der Waals surface area (Å²) in [5.41, 5.74) is 3.46. The number of nitrogens with zero attached hydrogens (tertiary/aromatic N) is 1. The Morgan fingerprint density at radius 3 is 2.31 bits per heavy atom. The van der Waals surface area contributed by atoms with Gasteiger partial charge in [-0.1, -0.05) is 44.2 Å². The third kappa shape index (κ3) is 2.33. The van der Waals surface area contributed by atoms with Crippen molar-refractivity contribution in [2.24, 2.45) is 0 Å².